The Bertz CT molecular complexity index is 937. The summed E-state index contributed by atoms with van der Waals surface area (Å²) in [7, 11) is 0. The maximum Gasteiger partial charge on any atom is 0.121 e. The van der Waals surface area contributed by atoms with Gasteiger partial charge in [0.1, 0.15) is 23.0 Å². The molecule has 0 aromatic heterocycles. The molecule has 0 heterocycles. The first kappa shape index (κ1) is 22.2. The molecule has 0 bridgehead atoms. The van der Waals surface area contributed by atoms with Crippen molar-refractivity contribution in [2.75, 3.05) is 0 Å². The van der Waals surface area contributed by atoms with Crippen LogP contribution in [0, 0.1) is 48.5 Å². The Morgan fingerprint density at radius 1 is 0.414 bits per heavy atom. The molecule has 154 valence electrons. The normalized spacial score (nSPS) is 10.4. The summed E-state index contributed by atoms with van der Waals surface area (Å²) in [5, 5.41) is 38.3. The Labute approximate surface area is 172 Å². The molecule has 0 amide bonds. The topological polar surface area (TPSA) is 80.9 Å². The predicted molar refractivity (Wildman–Crippen MR) is 118 cm³/mol. The minimum atomic E-state index is 0.248. The summed E-state index contributed by atoms with van der Waals surface area (Å²) in [6.45, 7) is 12.9. The molecule has 0 saturated heterocycles. The van der Waals surface area contributed by atoms with Crippen molar-refractivity contribution >= 4 is 0 Å². The van der Waals surface area contributed by atoms with E-state index in [4.69, 9.17) is 0 Å². The van der Waals surface area contributed by atoms with Crippen molar-refractivity contribution in [3.63, 3.8) is 0 Å². The SMILES string of the molecule is Cc1cc(-c2cc(C)c(O)c(C)c2)cc(C)c1O.Cc1cc(O)c(C)c(C)c1O. The molecule has 0 aliphatic heterocycles. The number of aromatic hydroxyl groups is 4. The van der Waals surface area contributed by atoms with Gasteiger partial charge in [0.2, 0.25) is 0 Å². The standard InChI is InChI=1S/C16H18O2.C9H12O2/c1-9-5-13(6-10(2)15(9)17)14-7-11(3)16(18)12(4)8-14;1-5-4-8(10)6(2)7(3)9(5)11/h5-8,17-18H,1-4H3;4,10-11H,1-3H3. The molecule has 0 spiro atoms. The fourth-order valence-corrected chi connectivity index (χ4v) is 3.29. The molecule has 4 heteroatoms. The van der Waals surface area contributed by atoms with Crippen molar-refractivity contribution in [3.8, 4) is 34.1 Å². The van der Waals surface area contributed by atoms with Crippen LogP contribution >= 0.6 is 0 Å². The molecular weight excluding hydrogens is 364 g/mol. The monoisotopic (exact) mass is 394 g/mol. The van der Waals surface area contributed by atoms with Crippen LogP contribution in [0.2, 0.25) is 0 Å². The lowest BCUT2D eigenvalue weighted by molar-refractivity contribution is 0.449. The van der Waals surface area contributed by atoms with E-state index in [0.717, 1.165) is 44.5 Å². The average molecular weight is 395 g/mol. The fourth-order valence-electron chi connectivity index (χ4n) is 3.29. The van der Waals surface area contributed by atoms with Crippen LogP contribution in [0.15, 0.2) is 30.3 Å². The Kier molecular flexibility index (Phi) is 6.48. The van der Waals surface area contributed by atoms with Crippen LogP contribution in [0.5, 0.6) is 23.0 Å². The lowest BCUT2D eigenvalue weighted by Gasteiger charge is -2.11. The summed E-state index contributed by atoms with van der Waals surface area (Å²) in [6, 6.07) is 9.43. The second-order valence-corrected chi connectivity index (χ2v) is 7.73. The van der Waals surface area contributed by atoms with Crippen LogP contribution in [0.1, 0.15) is 38.9 Å². The van der Waals surface area contributed by atoms with Gasteiger partial charge in [0.25, 0.3) is 0 Å². The van der Waals surface area contributed by atoms with Gasteiger partial charge in [-0.05, 0) is 129 Å². The summed E-state index contributed by atoms with van der Waals surface area (Å²) in [5.74, 6) is 1.23. The van der Waals surface area contributed by atoms with E-state index in [-0.39, 0.29) is 11.5 Å². The molecule has 0 atom stereocenters. The summed E-state index contributed by atoms with van der Waals surface area (Å²) >= 11 is 0. The van der Waals surface area contributed by atoms with Crippen molar-refractivity contribution in [2.24, 2.45) is 0 Å². The summed E-state index contributed by atoms with van der Waals surface area (Å²) in [4.78, 5) is 0. The first-order valence-corrected chi connectivity index (χ1v) is 9.53. The number of aryl methyl sites for hydroxylation is 5. The molecule has 3 rings (SSSR count). The van der Waals surface area contributed by atoms with Gasteiger partial charge in [-0.1, -0.05) is 0 Å². The highest BCUT2D eigenvalue weighted by molar-refractivity contribution is 5.70. The molecule has 0 saturated carbocycles. The maximum absolute atomic E-state index is 9.79. The number of hydrogen-bond donors (Lipinski definition) is 4. The first-order chi connectivity index (χ1) is 13.4. The Balaban J connectivity index is 0.000000234. The third-order valence-electron chi connectivity index (χ3n) is 5.34. The van der Waals surface area contributed by atoms with Gasteiger partial charge in [-0.3, -0.25) is 0 Å². The first-order valence-electron chi connectivity index (χ1n) is 9.53. The van der Waals surface area contributed by atoms with Gasteiger partial charge >= 0.3 is 0 Å². The van der Waals surface area contributed by atoms with Gasteiger partial charge in [0.15, 0.2) is 0 Å². The van der Waals surface area contributed by atoms with Gasteiger partial charge < -0.3 is 20.4 Å². The highest BCUT2D eigenvalue weighted by Gasteiger charge is 2.09. The van der Waals surface area contributed by atoms with E-state index in [1.807, 2.05) is 52.0 Å². The Hall–Kier alpha value is -3.14. The minimum absolute atomic E-state index is 0.248. The van der Waals surface area contributed by atoms with Crippen molar-refractivity contribution in [1.82, 2.24) is 0 Å². The molecule has 0 fully saturated rings. The zero-order chi connectivity index (χ0) is 22.0. The number of benzene rings is 3. The van der Waals surface area contributed by atoms with Gasteiger partial charge in [-0.2, -0.15) is 0 Å². The average Bonchev–Trinajstić information content (AvgIpc) is 2.66. The van der Waals surface area contributed by atoms with Crippen molar-refractivity contribution in [3.05, 3.63) is 69.3 Å². The highest BCUT2D eigenvalue weighted by atomic mass is 16.3. The zero-order valence-electron chi connectivity index (χ0n) is 18.2. The number of hydrogen-bond acceptors (Lipinski definition) is 4. The highest BCUT2D eigenvalue weighted by Crippen LogP contribution is 2.33. The van der Waals surface area contributed by atoms with Crippen molar-refractivity contribution in [1.29, 1.82) is 0 Å². The molecule has 4 N–H and O–H groups in total. The summed E-state index contributed by atoms with van der Waals surface area (Å²) in [5.41, 5.74) is 7.81. The van der Waals surface area contributed by atoms with Gasteiger partial charge in [-0.25, -0.2) is 0 Å². The van der Waals surface area contributed by atoms with Gasteiger partial charge in [-0.15, -0.1) is 0 Å². The Morgan fingerprint density at radius 2 is 0.724 bits per heavy atom. The van der Waals surface area contributed by atoms with Crippen molar-refractivity contribution < 1.29 is 20.4 Å². The van der Waals surface area contributed by atoms with Crippen LogP contribution in [-0.2, 0) is 0 Å². The number of phenolic OH excluding ortho intramolecular Hbond substituents is 4. The lowest BCUT2D eigenvalue weighted by atomic mass is 9.96. The molecule has 3 aromatic rings. The third kappa shape index (κ3) is 4.65. The molecule has 0 aliphatic carbocycles. The quantitative estimate of drug-likeness (QED) is 0.380. The van der Waals surface area contributed by atoms with Gasteiger partial charge in [0, 0.05) is 0 Å². The molecule has 0 aliphatic rings. The molecule has 29 heavy (non-hydrogen) atoms. The molecule has 0 radical (unpaired) electrons. The lowest BCUT2D eigenvalue weighted by Crippen LogP contribution is -1.88. The summed E-state index contributed by atoms with van der Waals surface area (Å²) < 4.78 is 0. The molecule has 4 nitrogen and oxygen atoms in total. The number of phenols is 4. The van der Waals surface area contributed by atoms with E-state index in [1.165, 1.54) is 0 Å². The van der Waals surface area contributed by atoms with Crippen LogP contribution in [0.3, 0.4) is 0 Å². The third-order valence-corrected chi connectivity index (χ3v) is 5.34. The van der Waals surface area contributed by atoms with Crippen LogP contribution in [-0.4, -0.2) is 20.4 Å². The summed E-state index contributed by atoms with van der Waals surface area (Å²) in [6.07, 6.45) is 0. The minimum Gasteiger partial charge on any atom is -0.508 e. The predicted octanol–water partition coefficient (Wildman–Crippen LogP) is 6.02. The van der Waals surface area contributed by atoms with Crippen LogP contribution in [0.4, 0.5) is 0 Å². The van der Waals surface area contributed by atoms with E-state index in [1.54, 1.807) is 26.8 Å². The van der Waals surface area contributed by atoms with Gasteiger partial charge in [0.05, 0.1) is 0 Å². The zero-order valence-corrected chi connectivity index (χ0v) is 18.2. The fraction of sp³-hybridized carbons (Fsp3) is 0.280. The second kappa shape index (κ2) is 8.48. The van der Waals surface area contributed by atoms with E-state index in [9.17, 15) is 20.4 Å². The molecule has 0 unspecified atom stereocenters. The van der Waals surface area contributed by atoms with E-state index >= 15 is 0 Å². The van der Waals surface area contributed by atoms with E-state index < -0.39 is 0 Å². The smallest absolute Gasteiger partial charge is 0.121 e. The van der Waals surface area contributed by atoms with Crippen LogP contribution < -0.4 is 0 Å². The van der Waals surface area contributed by atoms with E-state index in [2.05, 4.69) is 0 Å². The molecular formula is C25H30O4. The van der Waals surface area contributed by atoms with E-state index in [0.29, 0.717) is 17.1 Å². The molecule has 3 aromatic carbocycles. The number of rotatable bonds is 1. The largest absolute Gasteiger partial charge is 0.508 e. The Morgan fingerprint density at radius 3 is 1.07 bits per heavy atom. The van der Waals surface area contributed by atoms with Crippen molar-refractivity contribution in [2.45, 2.75) is 48.5 Å². The van der Waals surface area contributed by atoms with Crippen LogP contribution in [0.25, 0.3) is 11.1 Å². The second-order valence-electron chi connectivity index (χ2n) is 7.73. The maximum atomic E-state index is 9.79.